The highest BCUT2D eigenvalue weighted by atomic mass is 16.4. The van der Waals surface area contributed by atoms with Crippen molar-refractivity contribution in [3.63, 3.8) is 0 Å². The molecule has 1 radical (unpaired) electrons. The van der Waals surface area contributed by atoms with E-state index in [0.717, 1.165) is 5.82 Å². The van der Waals surface area contributed by atoms with Crippen LogP contribution in [0, 0.1) is 6.92 Å². The molecule has 0 aliphatic heterocycles. The molecule has 0 saturated heterocycles. The molecule has 0 unspecified atom stereocenters. The van der Waals surface area contributed by atoms with Gasteiger partial charge in [-0.05, 0) is 31.2 Å². The highest BCUT2D eigenvalue weighted by molar-refractivity contribution is 5.91. The van der Waals surface area contributed by atoms with E-state index in [0.29, 0.717) is 18.0 Å². The van der Waals surface area contributed by atoms with Crippen LogP contribution in [0.2, 0.25) is 0 Å². The van der Waals surface area contributed by atoms with Crippen LogP contribution >= 0.6 is 0 Å². The van der Waals surface area contributed by atoms with Crippen molar-refractivity contribution in [1.82, 2.24) is 9.55 Å². The second kappa shape index (κ2) is 5.66. The molecule has 0 N–H and O–H groups in total. The van der Waals surface area contributed by atoms with Crippen LogP contribution in [0.1, 0.15) is 17.3 Å². The normalized spacial score (nSPS) is 11.8. The number of hydrogen-bond acceptors (Lipinski definition) is 3. The van der Waals surface area contributed by atoms with E-state index >= 15 is 0 Å². The third kappa shape index (κ3) is 3.02. The van der Waals surface area contributed by atoms with Gasteiger partial charge in [-0.1, -0.05) is 18.2 Å². The molecule has 5 heteroatoms. The first kappa shape index (κ1) is 13.2. The summed E-state index contributed by atoms with van der Waals surface area (Å²) in [6, 6.07) is 12.5. The molecule has 105 valence electrons. The highest BCUT2D eigenvalue weighted by Crippen LogP contribution is 2.15. The van der Waals surface area contributed by atoms with Crippen LogP contribution in [0.15, 0.2) is 64.3 Å². The van der Waals surface area contributed by atoms with Gasteiger partial charge in [-0.15, -0.1) is 0 Å². The number of imidazole rings is 1. The minimum Gasteiger partial charge on any atom is -0.454 e. The lowest BCUT2D eigenvalue weighted by Gasteiger charge is -2.01. The second-order valence-corrected chi connectivity index (χ2v) is 4.62. The Labute approximate surface area is 122 Å². The van der Waals surface area contributed by atoms with Crippen LogP contribution in [0.4, 0.5) is 5.69 Å². The van der Waals surface area contributed by atoms with Crippen molar-refractivity contribution in [2.75, 3.05) is 0 Å². The number of para-hydroxylation sites is 1. The monoisotopic (exact) mass is 280 g/mol. The molecule has 0 aliphatic rings. The number of aromatic nitrogens is 2. The summed E-state index contributed by atoms with van der Waals surface area (Å²) in [6.07, 6.45) is 3.60. The van der Waals surface area contributed by atoms with Crippen molar-refractivity contribution < 1.29 is 9.52 Å². The fourth-order valence-corrected chi connectivity index (χ4v) is 1.99. The molecule has 0 saturated carbocycles. The standard InChI is InChI=1S/C16H14N3O2/c1-12-17-9-10-19(12)11-14-7-8-15(21-14)16(20)18-13-5-3-2-4-6-13/h2-10H,11H2,1H3. The SMILES string of the molecule is Cc1nccn1Cc1ccc(C([O])=Nc2ccccc2)o1. The van der Waals surface area contributed by atoms with E-state index in [1.165, 1.54) is 0 Å². The minimum atomic E-state index is -0.380. The molecule has 0 atom stereocenters. The largest absolute Gasteiger partial charge is 0.454 e. The molecule has 0 amide bonds. The quantitative estimate of drug-likeness (QED) is 0.543. The van der Waals surface area contributed by atoms with E-state index < -0.39 is 0 Å². The van der Waals surface area contributed by atoms with Crippen molar-refractivity contribution in [3.8, 4) is 0 Å². The number of aliphatic imine (C=N–C) groups is 1. The summed E-state index contributed by atoms with van der Waals surface area (Å²) >= 11 is 0. The lowest BCUT2D eigenvalue weighted by molar-refractivity contribution is 0.397. The molecule has 21 heavy (non-hydrogen) atoms. The first-order valence-corrected chi connectivity index (χ1v) is 6.60. The van der Waals surface area contributed by atoms with Crippen LogP contribution < -0.4 is 0 Å². The summed E-state index contributed by atoms with van der Waals surface area (Å²) in [7, 11) is 0. The van der Waals surface area contributed by atoms with Gasteiger partial charge in [0.25, 0.3) is 0 Å². The molecule has 5 nitrogen and oxygen atoms in total. The average molecular weight is 280 g/mol. The second-order valence-electron chi connectivity index (χ2n) is 4.62. The molecular formula is C16H14N3O2. The smallest absolute Gasteiger partial charge is 0.313 e. The van der Waals surface area contributed by atoms with Crippen LogP contribution in [0.5, 0.6) is 0 Å². The van der Waals surface area contributed by atoms with Crippen molar-refractivity contribution in [2.24, 2.45) is 4.99 Å². The van der Waals surface area contributed by atoms with Crippen LogP contribution in [0.3, 0.4) is 0 Å². The van der Waals surface area contributed by atoms with E-state index in [-0.39, 0.29) is 11.7 Å². The number of rotatable bonds is 4. The van der Waals surface area contributed by atoms with Gasteiger partial charge in [0.05, 0.1) is 12.2 Å². The Morgan fingerprint density at radius 2 is 2.05 bits per heavy atom. The first-order valence-electron chi connectivity index (χ1n) is 6.60. The summed E-state index contributed by atoms with van der Waals surface area (Å²) in [5.74, 6) is 1.46. The third-order valence-corrected chi connectivity index (χ3v) is 3.11. The van der Waals surface area contributed by atoms with Crippen molar-refractivity contribution >= 4 is 11.6 Å². The topological polar surface area (TPSA) is 63.2 Å². The van der Waals surface area contributed by atoms with Gasteiger partial charge in [-0.2, -0.15) is 0 Å². The fourth-order valence-electron chi connectivity index (χ4n) is 1.99. The number of furan rings is 1. The Morgan fingerprint density at radius 3 is 2.76 bits per heavy atom. The Hall–Kier alpha value is -2.82. The molecule has 3 aromatic rings. The van der Waals surface area contributed by atoms with E-state index in [2.05, 4.69) is 9.98 Å². The Bertz CT molecular complexity index is 757. The number of benzene rings is 1. The summed E-state index contributed by atoms with van der Waals surface area (Å²) in [5, 5.41) is 12.0. The van der Waals surface area contributed by atoms with Gasteiger partial charge in [0, 0.05) is 12.4 Å². The highest BCUT2D eigenvalue weighted by Gasteiger charge is 2.11. The van der Waals surface area contributed by atoms with E-state index in [4.69, 9.17) is 4.42 Å². The molecule has 0 spiro atoms. The molecule has 2 aromatic heterocycles. The van der Waals surface area contributed by atoms with E-state index in [1.54, 1.807) is 30.5 Å². The predicted octanol–water partition coefficient (Wildman–Crippen LogP) is 3.34. The maximum absolute atomic E-state index is 12.0. The average Bonchev–Trinajstić information content (AvgIpc) is 3.11. The fraction of sp³-hybridized carbons (Fsp3) is 0.125. The molecule has 1 aromatic carbocycles. The first-order chi connectivity index (χ1) is 10.2. The number of nitrogens with zero attached hydrogens (tertiary/aromatic N) is 3. The van der Waals surface area contributed by atoms with Crippen LogP contribution in [0.25, 0.3) is 0 Å². The third-order valence-electron chi connectivity index (χ3n) is 3.11. The summed E-state index contributed by atoms with van der Waals surface area (Å²) in [6.45, 7) is 2.46. The summed E-state index contributed by atoms with van der Waals surface area (Å²) in [4.78, 5) is 8.15. The van der Waals surface area contributed by atoms with Crippen molar-refractivity contribution in [2.45, 2.75) is 13.5 Å². The Morgan fingerprint density at radius 1 is 1.24 bits per heavy atom. The Balaban J connectivity index is 1.78. The zero-order valence-corrected chi connectivity index (χ0v) is 11.6. The van der Waals surface area contributed by atoms with Gasteiger partial charge < -0.3 is 8.98 Å². The number of hydrogen-bond donors (Lipinski definition) is 0. The van der Waals surface area contributed by atoms with Gasteiger partial charge in [-0.25, -0.2) is 9.98 Å². The van der Waals surface area contributed by atoms with Gasteiger partial charge in [-0.3, -0.25) is 5.11 Å². The van der Waals surface area contributed by atoms with E-state index in [1.807, 2.05) is 35.9 Å². The summed E-state index contributed by atoms with van der Waals surface area (Å²) in [5.41, 5.74) is 0.617. The zero-order chi connectivity index (χ0) is 14.7. The lowest BCUT2D eigenvalue weighted by atomic mass is 10.3. The van der Waals surface area contributed by atoms with Gasteiger partial charge >= 0.3 is 5.90 Å². The zero-order valence-electron chi connectivity index (χ0n) is 11.6. The van der Waals surface area contributed by atoms with Gasteiger partial charge in [0.2, 0.25) is 0 Å². The maximum atomic E-state index is 12.0. The van der Waals surface area contributed by atoms with Gasteiger partial charge in [0.15, 0.2) is 5.76 Å². The maximum Gasteiger partial charge on any atom is 0.313 e. The molecular weight excluding hydrogens is 266 g/mol. The van der Waals surface area contributed by atoms with Gasteiger partial charge in [0.1, 0.15) is 11.6 Å². The predicted molar refractivity (Wildman–Crippen MR) is 78.1 cm³/mol. The lowest BCUT2D eigenvalue weighted by Crippen LogP contribution is -1.99. The van der Waals surface area contributed by atoms with E-state index in [9.17, 15) is 5.11 Å². The van der Waals surface area contributed by atoms with Crippen molar-refractivity contribution in [3.05, 3.63) is 72.2 Å². The molecule has 0 aliphatic carbocycles. The van der Waals surface area contributed by atoms with Crippen LogP contribution in [-0.2, 0) is 11.7 Å². The minimum absolute atomic E-state index is 0.242. The molecule has 0 fully saturated rings. The van der Waals surface area contributed by atoms with Crippen molar-refractivity contribution in [1.29, 1.82) is 0 Å². The summed E-state index contributed by atoms with van der Waals surface area (Å²) < 4.78 is 7.50. The number of aryl methyl sites for hydroxylation is 1. The molecule has 2 heterocycles. The molecule has 3 rings (SSSR count). The Kier molecular flexibility index (Phi) is 3.55. The van der Waals surface area contributed by atoms with Crippen LogP contribution in [-0.4, -0.2) is 15.4 Å². The molecule has 0 bridgehead atoms.